The fourth-order valence-corrected chi connectivity index (χ4v) is 1.57. The van der Waals surface area contributed by atoms with Crippen molar-refractivity contribution in [2.24, 2.45) is 5.73 Å². The van der Waals surface area contributed by atoms with Crippen LogP contribution in [0.25, 0.3) is 0 Å². The maximum absolute atomic E-state index is 12.0. The molecule has 0 bridgehead atoms. The molecular formula is C11H11ClN2O5. The van der Waals surface area contributed by atoms with Crippen molar-refractivity contribution < 1.29 is 24.6 Å². The van der Waals surface area contributed by atoms with Gasteiger partial charge >= 0.3 is 5.97 Å². The Morgan fingerprint density at radius 2 is 1.89 bits per heavy atom. The molecule has 0 spiro atoms. The Labute approximate surface area is 113 Å². The zero-order chi connectivity index (χ0) is 14.6. The molecule has 0 aromatic heterocycles. The molecule has 1 aromatic carbocycles. The lowest BCUT2D eigenvalue weighted by molar-refractivity contribution is -0.138. The number of rotatable bonds is 5. The van der Waals surface area contributed by atoms with Crippen LogP contribution >= 0.6 is 11.6 Å². The Kier molecular flexibility index (Phi) is 4.71. The normalized spacial score (nSPS) is 9.95. The van der Waals surface area contributed by atoms with E-state index in [4.69, 9.17) is 22.4 Å². The van der Waals surface area contributed by atoms with Gasteiger partial charge in [-0.1, -0.05) is 11.6 Å². The predicted octanol–water partition coefficient (Wildman–Crippen LogP) is 0.0577. The average Bonchev–Trinajstić information content (AvgIpc) is 2.26. The molecule has 0 radical (unpaired) electrons. The number of primary amides is 1. The molecule has 1 aromatic rings. The second-order valence-corrected chi connectivity index (χ2v) is 4.12. The number of nitrogens with two attached hydrogens (primary N) is 1. The van der Waals surface area contributed by atoms with Gasteiger partial charge < -0.3 is 20.8 Å². The molecule has 0 fully saturated rings. The standard InChI is InChI=1S/C11H11ClN2O5/c12-6-1-2-7(8(15)3-6)11(19)14(4-9(13)16)5-10(17)18/h1-3,15H,4-5H2,(H2,13,16)(H,17,18). The molecule has 0 aliphatic carbocycles. The lowest BCUT2D eigenvalue weighted by Crippen LogP contribution is -2.41. The molecule has 8 heteroatoms. The van der Waals surface area contributed by atoms with E-state index in [1.807, 2.05) is 0 Å². The summed E-state index contributed by atoms with van der Waals surface area (Å²) in [6.07, 6.45) is 0. The maximum atomic E-state index is 12.0. The number of aromatic hydroxyl groups is 1. The zero-order valence-corrected chi connectivity index (χ0v) is 10.4. The lowest BCUT2D eigenvalue weighted by atomic mass is 10.1. The number of phenols is 1. The first-order valence-corrected chi connectivity index (χ1v) is 5.47. The van der Waals surface area contributed by atoms with Crippen molar-refractivity contribution in [3.05, 3.63) is 28.8 Å². The smallest absolute Gasteiger partial charge is 0.323 e. The molecule has 7 nitrogen and oxygen atoms in total. The van der Waals surface area contributed by atoms with Crippen LogP contribution in [-0.2, 0) is 9.59 Å². The summed E-state index contributed by atoms with van der Waals surface area (Å²) < 4.78 is 0. The zero-order valence-electron chi connectivity index (χ0n) is 9.67. The Morgan fingerprint density at radius 1 is 1.26 bits per heavy atom. The molecule has 0 heterocycles. The van der Waals surface area contributed by atoms with Gasteiger partial charge in [-0.2, -0.15) is 0 Å². The number of carboxylic acids is 1. The monoisotopic (exact) mass is 286 g/mol. The van der Waals surface area contributed by atoms with Crippen LogP contribution in [0, 0.1) is 0 Å². The highest BCUT2D eigenvalue weighted by atomic mass is 35.5. The molecule has 1 rings (SSSR count). The summed E-state index contributed by atoms with van der Waals surface area (Å²) >= 11 is 5.62. The van der Waals surface area contributed by atoms with E-state index in [1.165, 1.54) is 12.1 Å². The molecule has 19 heavy (non-hydrogen) atoms. The van der Waals surface area contributed by atoms with Crippen LogP contribution in [0.15, 0.2) is 18.2 Å². The number of carboxylic acid groups (broad SMARTS) is 1. The molecule has 0 atom stereocenters. The van der Waals surface area contributed by atoms with E-state index in [0.717, 1.165) is 6.07 Å². The molecule has 4 N–H and O–H groups in total. The number of aliphatic carboxylic acids is 1. The van der Waals surface area contributed by atoms with E-state index in [0.29, 0.717) is 4.90 Å². The number of carbonyl (C=O) groups is 3. The third-order valence-electron chi connectivity index (χ3n) is 2.15. The highest BCUT2D eigenvalue weighted by molar-refractivity contribution is 6.30. The molecule has 0 saturated carbocycles. The second kappa shape index (κ2) is 6.05. The highest BCUT2D eigenvalue weighted by Gasteiger charge is 2.22. The van der Waals surface area contributed by atoms with Gasteiger partial charge in [0.1, 0.15) is 18.8 Å². The summed E-state index contributed by atoms with van der Waals surface area (Å²) in [4.78, 5) is 34.2. The Hall–Kier alpha value is -2.28. The predicted molar refractivity (Wildman–Crippen MR) is 65.9 cm³/mol. The first-order chi connectivity index (χ1) is 8.81. The fourth-order valence-electron chi connectivity index (χ4n) is 1.41. The van der Waals surface area contributed by atoms with Gasteiger partial charge in [0, 0.05) is 5.02 Å². The summed E-state index contributed by atoms with van der Waals surface area (Å²) in [5, 5.41) is 18.5. The molecule has 0 saturated heterocycles. The van der Waals surface area contributed by atoms with Gasteiger partial charge in [-0.3, -0.25) is 14.4 Å². The summed E-state index contributed by atoms with van der Waals surface area (Å²) in [5.41, 5.74) is 4.78. The number of halogens is 1. The van der Waals surface area contributed by atoms with Crippen LogP contribution < -0.4 is 5.73 Å². The lowest BCUT2D eigenvalue weighted by Gasteiger charge is -2.19. The van der Waals surface area contributed by atoms with Crippen LogP contribution in [0.3, 0.4) is 0 Å². The van der Waals surface area contributed by atoms with E-state index >= 15 is 0 Å². The van der Waals surface area contributed by atoms with Gasteiger partial charge in [0.05, 0.1) is 5.56 Å². The summed E-state index contributed by atoms with van der Waals surface area (Å²) in [6.45, 7) is -1.27. The van der Waals surface area contributed by atoms with E-state index in [2.05, 4.69) is 0 Å². The Balaban J connectivity index is 3.04. The molecule has 0 unspecified atom stereocenters. The van der Waals surface area contributed by atoms with E-state index < -0.39 is 36.6 Å². The van der Waals surface area contributed by atoms with Crippen LogP contribution in [0.5, 0.6) is 5.75 Å². The van der Waals surface area contributed by atoms with Crippen LogP contribution in [0.2, 0.25) is 5.02 Å². The number of benzene rings is 1. The van der Waals surface area contributed by atoms with Gasteiger partial charge in [0.15, 0.2) is 0 Å². The quantitative estimate of drug-likeness (QED) is 0.706. The van der Waals surface area contributed by atoms with Gasteiger partial charge in [0.25, 0.3) is 5.91 Å². The van der Waals surface area contributed by atoms with Crippen molar-refractivity contribution in [1.29, 1.82) is 0 Å². The molecule has 0 aliphatic heterocycles. The molecular weight excluding hydrogens is 276 g/mol. The SMILES string of the molecule is NC(=O)CN(CC(=O)O)C(=O)c1ccc(Cl)cc1O. The van der Waals surface area contributed by atoms with Gasteiger partial charge in [-0.25, -0.2) is 0 Å². The third-order valence-corrected chi connectivity index (χ3v) is 2.39. The topological polar surface area (TPSA) is 121 Å². The van der Waals surface area contributed by atoms with E-state index in [9.17, 15) is 19.5 Å². The average molecular weight is 287 g/mol. The van der Waals surface area contributed by atoms with Crippen molar-refractivity contribution in [1.82, 2.24) is 4.90 Å². The number of nitrogens with zero attached hydrogens (tertiary/aromatic N) is 1. The molecule has 0 aliphatic rings. The number of carbonyl (C=O) groups excluding carboxylic acids is 2. The maximum Gasteiger partial charge on any atom is 0.323 e. The minimum absolute atomic E-state index is 0.160. The second-order valence-electron chi connectivity index (χ2n) is 3.68. The van der Waals surface area contributed by atoms with Crippen LogP contribution in [0.4, 0.5) is 0 Å². The number of hydrogen-bond acceptors (Lipinski definition) is 4. The van der Waals surface area contributed by atoms with E-state index in [1.54, 1.807) is 0 Å². The first kappa shape index (κ1) is 14.8. The largest absolute Gasteiger partial charge is 0.507 e. The van der Waals surface area contributed by atoms with Gasteiger partial charge in [-0.05, 0) is 18.2 Å². The summed E-state index contributed by atoms with van der Waals surface area (Å²) in [6, 6.07) is 3.73. The van der Waals surface area contributed by atoms with Gasteiger partial charge in [-0.15, -0.1) is 0 Å². The Bertz CT molecular complexity index is 516. The van der Waals surface area contributed by atoms with Crippen molar-refractivity contribution in [2.45, 2.75) is 0 Å². The molecule has 102 valence electrons. The first-order valence-electron chi connectivity index (χ1n) is 5.09. The third kappa shape index (κ3) is 4.14. The summed E-state index contributed by atoms with van der Waals surface area (Å²) in [5.74, 6) is -3.39. The fraction of sp³-hybridized carbons (Fsp3) is 0.182. The van der Waals surface area contributed by atoms with Gasteiger partial charge in [0.2, 0.25) is 5.91 Å². The van der Waals surface area contributed by atoms with Crippen molar-refractivity contribution in [3.8, 4) is 5.75 Å². The Morgan fingerprint density at radius 3 is 2.37 bits per heavy atom. The number of phenolic OH excluding ortho intramolecular Hbond substituents is 1. The summed E-state index contributed by atoms with van der Waals surface area (Å²) in [7, 11) is 0. The highest BCUT2D eigenvalue weighted by Crippen LogP contribution is 2.23. The minimum Gasteiger partial charge on any atom is -0.507 e. The number of hydrogen-bond donors (Lipinski definition) is 3. The van der Waals surface area contributed by atoms with Crippen molar-refractivity contribution in [3.63, 3.8) is 0 Å². The molecule has 2 amide bonds. The van der Waals surface area contributed by atoms with E-state index in [-0.39, 0.29) is 10.6 Å². The number of amides is 2. The van der Waals surface area contributed by atoms with Crippen LogP contribution in [0.1, 0.15) is 10.4 Å². The van der Waals surface area contributed by atoms with Crippen molar-refractivity contribution >= 4 is 29.4 Å². The van der Waals surface area contributed by atoms with Crippen molar-refractivity contribution in [2.75, 3.05) is 13.1 Å². The minimum atomic E-state index is -1.30. The van der Waals surface area contributed by atoms with Crippen LogP contribution in [-0.4, -0.2) is 46.0 Å².